The number of rotatable bonds is 2. The van der Waals surface area contributed by atoms with E-state index in [1.807, 2.05) is 51.1 Å². The highest BCUT2D eigenvalue weighted by atomic mass is 16.8. The summed E-state index contributed by atoms with van der Waals surface area (Å²) in [5.41, 5.74) is -0.186. The Hall–Kier alpha value is -1.35. The zero-order chi connectivity index (χ0) is 15.1. The second-order valence-electron chi connectivity index (χ2n) is 7.30. The summed E-state index contributed by atoms with van der Waals surface area (Å²) in [7, 11) is 0. The Morgan fingerprint density at radius 1 is 1.10 bits per heavy atom. The number of esters is 1. The number of benzene rings is 1. The summed E-state index contributed by atoms with van der Waals surface area (Å²) in [5, 5.41) is 0. The molecule has 2 fully saturated rings. The van der Waals surface area contributed by atoms with E-state index in [9.17, 15) is 4.79 Å². The monoisotopic (exact) mass is 288 g/mol. The van der Waals surface area contributed by atoms with Crippen LogP contribution in [0.4, 0.5) is 0 Å². The molecule has 0 amide bonds. The van der Waals surface area contributed by atoms with Crippen molar-refractivity contribution in [1.82, 2.24) is 0 Å². The Morgan fingerprint density at radius 3 is 2.24 bits per heavy atom. The van der Waals surface area contributed by atoms with Crippen LogP contribution in [0.25, 0.3) is 0 Å². The van der Waals surface area contributed by atoms with Crippen LogP contribution >= 0.6 is 0 Å². The predicted octanol–water partition coefficient (Wildman–Crippen LogP) is 4.02. The molecule has 1 saturated carbocycles. The van der Waals surface area contributed by atoms with E-state index in [1.165, 1.54) is 0 Å². The lowest BCUT2D eigenvalue weighted by atomic mass is 9.80. The van der Waals surface area contributed by atoms with Crippen LogP contribution in [-0.4, -0.2) is 12.3 Å². The van der Waals surface area contributed by atoms with Gasteiger partial charge in [-0.3, -0.25) is 0 Å². The minimum absolute atomic E-state index is 0.208. The minimum atomic E-state index is -0.907. The van der Waals surface area contributed by atoms with Crippen molar-refractivity contribution < 1.29 is 14.3 Å². The molecule has 2 atom stereocenters. The van der Waals surface area contributed by atoms with Crippen molar-refractivity contribution >= 4 is 5.97 Å². The highest BCUT2D eigenvalue weighted by Crippen LogP contribution is 2.50. The normalized spacial score (nSPS) is 30.6. The number of cyclic esters (lactones) is 1. The first-order valence-corrected chi connectivity index (χ1v) is 7.89. The van der Waals surface area contributed by atoms with Crippen LogP contribution < -0.4 is 0 Å². The van der Waals surface area contributed by atoms with Crippen molar-refractivity contribution in [2.45, 2.75) is 58.3 Å². The Kier molecular flexibility index (Phi) is 3.56. The summed E-state index contributed by atoms with van der Waals surface area (Å²) in [6.45, 7) is 6.13. The summed E-state index contributed by atoms with van der Waals surface area (Å²) >= 11 is 0. The smallest absolute Gasteiger partial charge is 0.345 e. The highest BCUT2D eigenvalue weighted by Gasteiger charge is 2.59. The molecule has 1 aliphatic heterocycles. The molecule has 3 heteroatoms. The molecule has 21 heavy (non-hydrogen) atoms. The van der Waals surface area contributed by atoms with Gasteiger partial charge in [0.25, 0.3) is 0 Å². The molecule has 0 unspecified atom stereocenters. The third-order valence-electron chi connectivity index (χ3n) is 4.65. The molecule has 0 spiro atoms. The largest absolute Gasteiger partial charge is 0.433 e. The van der Waals surface area contributed by atoms with Gasteiger partial charge in [0.05, 0.1) is 0 Å². The standard InChI is InChI=1S/C18H24O3/c1-17(2,3)16-20-15(19)18(21-16,14-11-7-8-12-14)13-9-5-4-6-10-13/h4-6,9-10,14,16H,7-8,11-12H2,1-3H3/t16-,18+/m0/s1. The molecular formula is C18H24O3. The highest BCUT2D eigenvalue weighted by molar-refractivity contribution is 5.83. The van der Waals surface area contributed by atoms with E-state index in [0.29, 0.717) is 0 Å². The first-order valence-electron chi connectivity index (χ1n) is 7.89. The Balaban J connectivity index is 2.03. The summed E-state index contributed by atoms with van der Waals surface area (Å²) < 4.78 is 12.0. The van der Waals surface area contributed by atoms with Gasteiger partial charge in [-0.25, -0.2) is 4.79 Å². The second kappa shape index (κ2) is 5.13. The second-order valence-corrected chi connectivity index (χ2v) is 7.30. The molecule has 1 aromatic rings. The van der Waals surface area contributed by atoms with Gasteiger partial charge in [0.15, 0.2) is 5.60 Å². The van der Waals surface area contributed by atoms with Gasteiger partial charge in [-0.2, -0.15) is 0 Å². The molecule has 0 aromatic heterocycles. The average Bonchev–Trinajstić information content (AvgIpc) is 3.07. The molecule has 3 nitrogen and oxygen atoms in total. The van der Waals surface area contributed by atoms with E-state index in [1.54, 1.807) is 0 Å². The number of carbonyl (C=O) groups excluding carboxylic acids is 1. The SMILES string of the molecule is CC(C)(C)[C@H]1OC(=O)[C@@](c2ccccc2)(C2CCCC2)O1. The van der Waals surface area contributed by atoms with Crippen molar-refractivity contribution in [3.63, 3.8) is 0 Å². The van der Waals surface area contributed by atoms with Gasteiger partial charge in [-0.15, -0.1) is 0 Å². The molecule has 3 rings (SSSR count). The molecule has 0 N–H and O–H groups in total. The quantitative estimate of drug-likeness (QED) is 0.771. The maximum Gasteiger partial charge on any atom is 0.345 e. The van der Waals surface area contributed by atoms with Crippen LogP contribution in [0.1, 0.15) is 52.0 Å². The van der Waals surface area contributed by atoms with Crippen LogP contribution in [0.5, 0.6) is 0 Å². The zero-order valence-electron chi connectivity index (χ0n) is 13.1. The van der Waals surface area contributed by atoms with Crippen LogP contribution in [0, 0.1) is 11.3 Å². The zero-order valence-corrected chi connectivity index (χ0v) is 13.1. The third-order valence-corrected chi connectivity index (χ3v) is 4.65. The molecule has 0 bridgehead atoms. The van der Waals surface area contributed by atoms with E-state index < -0.39 is 11.9 Å². The minimum Gasteiger partial charge on any atom is -0.433 e. The fraction of sp³-hybridized carbons (Fsp3) is 0.611. The number of hydrogen-bond acceptors (Lipinski definition) is 3. The molecule has 1 heterocycles. The first-order chi connectivity index (χ1) is 9.94. The number of carbonyl (C=O) groups is 1. The average molecular weight is 288 g/mol. The summed E-state index contributed by atoms with van der Waals surface area (Å²) in [6.07, 6.45) is 3.90. The number of ether oxygens (including phenoxy) is 2. The van der Waals surface area contributed by atoms with Crippen molar-refractivity contribution in [2.24, 2.45) is 11.3 Å². The van der Waals surface area contributed by atoms with Gasteiger partial charge in [0.1, 0.15) is 0 Å². The Morgan fingerprint density at radius 2 is 1.71 bits per heavy atom. The summed E-state index contributed by atoms with van der Waals surface area (Å²) in [6, 6.07) is 9.88. The first kappa shape index (κ1) is 14.6. The fourth-order valence-electron chi connectivity index (χ4n) is 3.48. The van der Waals surface area contributed by atoms with Gasteiger partial charge < -0.3 is 9.47 Å². The topological polar surface area (TPSA) is 35.5 Å². The van der Waals surface area contributed by atoms with Gasteiger partial charge in [0, 0.05) is 11.3 Å². The van der Waals surface area contributed by atoms with Crippen molar-refractivity contribution in [1.29, 1.82) is 0 Å². The molecule has 114 valence electrons. The Bertz CT molecular complexity index is 511. The lowest BCUT2D eigenvalue weighted by molar-refractivity contribution is -0.162. The molecule has 2 aliphatic rings. The van der Waals surface area contributed by atoms with Crippen LogP contribution in [0.15, 0.2) is 30.3 Å². The molecule has 1 aliphatic carbocycles. The van der Waals surface area contributed by atoms with E-state index in [2.05, 4.69) is 0 Å². The van der Waals surface area contributed by atoms with Crippen LogP contribution in [0.2, 0.25) is 0 Å². The van der Waals surface area contributed by atoms with Crippen molar-refractivity contribution in [3.8, 4) is 0 Å². The van der Waals surface area contributed by atoms with Crippen molar-refractivity contribution in [3.05, 3.63) is 35.9 Å². The Labute approximate surface area is 126 Å². The molecule has 1 saturated heterocycles. The predicted molar refractivity (Wildman–Crippen MR) is 80.5 cm³/mol. The summed E-state index contributed by atoms with van der Waals surface area (Å²) in [5.74, 6) is 0.0141. The third kappa shape index (κ3) is 2.38. The van der Waals surface area contributed by atoms with Crippen molar-refractivity contribution in [2.75, 3.05) is 0 Å². The summed E-state index contributed by atoms with van der Waals surface area (Å²) in [4.78, 5) is 12.8. The molecular weight excluding hydrogens is 264 g/mol. The van der Waals surface area contributed by atoms with Gasteiger partial charge in [-0.05, 0) is 18.4 Å². The molecule has 0 radical (unpaired) electrons. The maximum absolute atomic E-state index is 12.8. The number of hydrogen-bond donors (Lipinski definition) is 0. The van der Waals surface area contributed by atoms with Crippen LogP contribution in [-0.2, 0) is 19.9 Å². The van der Waals surface area contributed by atoms with E-state index in [0.717, 1.165) is 31.2 Å². The fourth-order valence-corrected chi connectivity index (χ4v) is 3.48. The van der Waals surface area contributed by atoms with E-state index in [-0.39, 0.29) is 17.3 Å². The van der Waals surface area contributed by atoms with Gasteiger partial charge in [-0.1, -0.05) is 63.9 Å². The lowest BCUT2D eigenvalue weighted by Gasteiger charge is -2.33. The van der Waals surface area contributed by atoms with Crippen LogP contribution in [0.3, 0.4) is 0 Å². The van der Waals surface area contributed by atoms with E-state index >= 15 is 0 Å². The maximum atomic E-state index is 12.8. The van der Waals surface area contributed by atoms with Gasteiger partial charge in [0.2, 0.25) is 6.29 Å². The lowest BCUT2D eigenvalue weighted by Crippen LogP contribution is -2.41. The molecule has 1 aromatic carbocycles. The van der Waals surface area contributed by atoms with Gasteiger partial charge >= 0.3 is 5.97 Å². The van der Waals surface area contributed by atoms with E-state index in [4.69, 9.17) is 9.47 Å².